The Bertz CT molecular complexity index is 1660. The van der Waals surface area contributed by atoms with Gasteiger partial charge in [0.15, 0.2) is 0 Å². The molecule has 160 valence electrons. The van der Waals surface area contributed by atoms with Crippen LogP contribution in [-0.2, 0) is 5.41 Å². The van der Waals surface area contributed by atoms with Crippen LogP contribution >= 0.6 is 0 Å². The molecule has 0 fully saturated rings. The Hall–Kier alpha value is -3.59. The number of aromatic nitrogens is 2. The molecular weight excluding hydrogens is 392 g/mol. The molecule has 0 unspecified atom stereocenters. The van der Waals surface area contributed by atoms with Crippen molar-refractivity contribution in [1.82, 2.24) is 9.55 Å². The summed E-state index contributed by atoms with van der Waals surface area (Å²) in [4.78, 5) is 4.58. The molecule has 0 radical (unpaired) electrons. The van der Waals surface area contributed by atoms with Gasteiger partial charge in [0.05, 0.1) is 11.0 Å². The molecule has 0 aliphatic rings. The molecule has 0 atom stereocenters. The maximum Gasteiger partial charge on any atom is 0.138 e. The number of phenols is 1. The number of aromatic hydroxyl groups is 1. The number of benzene rings is 3. The average Bonchev–Trinajstić information content (AvgIpc) is 3.15. The lowest BCUT2D eigenvalue weighted by Gasteiger charge is -2.22. The molecule has 32 heavy (non-hydrogen) atoms. The Morgan fingerprint density at radius 1 is 0.844 bits per heavy atom. The molecule has 2 heterocycles. The van der Waals surface area contributed by atoms with E-state index in [0.717, 1.165) is 21.8 Å². The number of rotatable bonds is 2. The zero-order valence-corrected chi connectivity index (χ0v) is 18.3. The maximum atomic E-state index is 10.2. The first-order chi connectivity index (χ1) is 17.7. The Labute approximate surface area is 197 Å². The van der Waals surface area contributed by atoms with Gasteiger partial charge in [-0.2, -0.15) is 0 Å². The largest absolute Gasteiger partial charge is 0.508 e. The van der Waals surface area contributed by atoms with Gasteiger partial charge in [0.2, 0.25) is 0 Å². The molecule has 0 amide bonds. The van der Waals surface area contributed by atoms with Crippen molar-refractivity contribution < 1.29 is 13.3 Å². The lowest BCUT2D eigenvalue weighted by Crippen LogP contribution is -2.12. The van der Waals surface area contributed by atoms with Crippen LogP contribution < -0.4 is 0 Å². The molecule has 0 aliphatic carbocycles. The molecule has 1 N–H and O–H groups in total. The molecule has 0 spiro atoms. The molecule has 3 heteroatoms. The lowest BCUT2D eigenvalue weighted by atomic mass is 9.83. The highest BCUT2D eigenvalue weighted by atomic mass is 16.3. The van der Waals surface area contributed by atoms with Crippen molar-refractivity contribution in [3.63, 3.8) is 0 Å². The fraction of sp³-hybridized carbons (Fsp3) is 0.207. The van der Waals surface area contributed by atoms with Crippen LogP contribution in [0.2, 0.25) is 0 Å². The van der Waals surface area contributed by atoms with E-state index in [4.69, 9.17) is 8.22 Å². The molecule has 2 aromatic heterocycles. The summed E-state index contributed by atoms with van der Waals surface area (Å²) in [5.74, 6) is 0.581. The van der Waals surface area contributed by atoms with E-state index in [1.807, 2.05) is 55.7 Å². The SMILES string of the molecule is [2H]C([2H])([2H])c1cc(C(C)(C)C)cc(C([2H])([2H])[2H])c1-c1ccnc(-n2c3ccccc3c3ccc(O)cc32)c1. The van der Waals surface area contributed by atoms with Crippen molar-refractivity contribution in [3.8, 4) is 22.7 Å². The lowest BCUT2D eigenvalue weighted by molar-refractivity contribution is 0.476. The predicted molar refractivity (Wildman–Crippen MR) is 134 cm³/mol. The van der Waals surface area contributed by atoms with E-state index in [9.17, 15) is 5.11 Å². The summed E-state index contributed by atoms with van der Waals surface area (Å²) >= 11 is 0. The van der Waals surface area contributed by atoms with E-state index < -0.39 is 19.1 Å². The minimum absolute atomic E-state index is 0.00642. The number of pyridine rings is 1. The fourth-order valence-corrected chi connectivity index (χ4v) is 4.29. The third kappa shape index (κ3) is 3.25. The van der Waals surface area contributed by atoms with Crippen LogP contribution in [0.15, 0.2) is 72.9 Å². The van der Waals surface area contributed by atoms with Gasteiger partial charge in [-0.15, -0.1) is 0 Å². The van der Waals surface area contributed by atoms with Gasteiger partial charge >= 0.3 is 0 Å². The van der Waals surface area contributed by atoms with Gasteiger partial charge < -0.3 is 5.11 Å². The summed E-state index contributed by atoms with van der Waals surface area (Å²) in [6, 6.07) is 19.5. The molecule has 5 rings (SSSR count). The van der Waals surface area contributed by atoms with Crippen molar-refractivity contribution >= 4 is 21.8 Å². The third-order valence-electron chi connectivity index (χ3n) is 5.92. The highest BCUT2D eigenvalue weighted by Gasteiger charge is 2.18. The van der Waals surface area contributed by atoms with E-state index in [1.165, 1.54) is 0 Å². The first-order valence-corrected chi connectivity index (χ1v) is 10.5. The molecule has 5 aromatic rings. The van der Waals surface area contributed by atoms with Crippen molar-refractivity contribution in [2.45, 2.75) is 39.9 Å². The van der Waals surface area contributed by atoms with Crippen molar-refractivity contribution in [2.24, 2.45) is 0 Å². The second-order valence-corrected chi connectivity index (χ2v) is 9.15. The van der Waals surface area contributed by atoms with Gasteiger partial charge in [0, 0.05) is 31.3 Å². The smallest absolute Gasteiger partial charge is 0.138 e. The minimum Gasteiger partial charge on any atom is -0.508 e. The predicted octanol–water partition coefficient (Wildman–Crippen LogP) is 7.47. The van der Waals surface area contributed by atoms with Crippen molar-refractivity contribution in [2.75, 3.05) is 0 Å². The van der Waals surface area contributed by atoms with Crippen molar-refractivity contribution in [1.29, 1.82) is 0 Å². The van der Waals surface area contributed by atoms with Crippen LogP contribution in [0.1, 0.15) is 45.7 Å². The quantitative estimate of drug-likeness (QED) is 0.318. The van der Waals surface area contributed by atoms with Gasteiger partial charge in [-0.25, -0.2) is 4.98 Å². The number of fused-ring (bicyclic) bond motifs is 3. The molecule has 0 saturated carbocycles. The third-order valence-corrected chi connectivity index (χ3v) is 5.92. The normalized spacial score (nSPS) is 15.6. The minimum atomic E-state index is -2.54. The fourth-order valence-electron chi connectivity index (χ4n) is 4.29. The summed E-state index contributed by atoms with van der Waals surface area (Å²) < 4.78 is 51.7. The highest BCUT2D eigenvalue weighted by molar-refractivity contribution is 6.09. The number of nitrogens with zero attached hydrogens (tertiary/aromatic N) is 2. The summed E-state index contributed by atoms with van der Waals surface area (Å²) in [6.07, 6.45) is 1.55. The molecule has 0 saturated heterocycles. The number of hydrogen-bond acceptors (Lipinski definition) is 2. The number of aryl methyl sites for hydroxylation is 2. The maximum absolute atomic E-state index is 10.2. The Morgan fingerprint density at radius 3 is 2.28 bits per heavy atom. The zero-order valence-electron chi connectivity index (χ0n) is 24.3. The molecule has 3 aromatic carbocycles. The first kappa shape index (κ1) is 14.5. The van der Waals surface area contributed by atoms with Gasteiger partial charge in [-0.1, -0.05) is 51.1 Å². The van der Waals surface area contributed by atoms with Crippen LogP contribution in [0.25, 0.3) is 38.8 Å². The Balaban J connectivity index is 1.85. The zero-order chi connectivity index (χ0) is 27.6. The Kier molecular flexibility index (Phi) is 3.27. The van der Waals surface area contributed by atoms with Crippen LogP contribution in [-0.4, -0.2) is 14.7 Å². The summed E-state index contributed by atoms with van der Waals surface area (Å²) in [7, 11) is 0. The number of phenolic OH excluding ortho intramolecular Hbond substituents is 1. The Morgan fingerprint density at radius 2 is 1.56 bits per heavy atom. The molecular formula is C29H28N2O. The molecule has 0 aliphatic heterocycles. The van der Waals surface area contributed by atoms with E-state index in [1.54, 1.807) is 42.6 Å². The standard InChI is InChI=1S/C29H28N2O/c1-18-14-21(29(3,4)5)15-19(2)28(18)20-12-13-30-27(16-20)31-25-9-7-6-8-23(25)24-11-10-22(32)17-26(24)31/h6-17,32H,1-5H3/i1D3,2D3. The van der Waals surface area contributed by atoms with Gasteiger partial charge in [0.25, 0.3) is 0 Å². The average molecular weight is 427 g/mol. The molecule has 0 bridgehead atoms. The van der Waals surface area contributed by atoms with E-state index in [0.29, 0.717) is 16.9 Å². The van der Waals surface area contributed by atoms with Gasteiger partial charge in [0.1, 0.15) is 11.6 Å². The molecule has 3 nitrogen and oxygen atoms in total. The van der Waals surface area contributed by atoms with E-state index >= 15 is 0 Å². The first-order valence-electron chi connectivity index (χ1n) is 13.5. The van der Waals surface area contributed by atoms with Crippen LogP contribution in [0.5, 0.6) is 5.75 Å². The van der Waals surface area contributed by atoms with Gasteiger partial charge in [-0.3, -0.25) is 4.57 Å². The van der Waals surface area contributed by atoms with Crippen LogP contribution in [0, 0.1) is 13.7 Å². The monoisotopic (exact) mass is 426 g/mol. The van der Waals surface area contributed by atoms with Crippen LogP contribution in [0.3, 0.4) is 0 Å². The summed E-state index contributed by atoms with van der Waals surface area (Å²) in [5.41, 5.74) is 2.38. The van der Waals surface area contributed by atoms with E-state index in [-0.39, 0.29) is 22.4 Å². The van der Waals surface area contributed by atoms with Gasteiger partial charge in [-0.05, 0) is 77.3 Å². The topological polar surface area (TPSA) is 38.0 Å². The van der Waals surface area contributed by atoms with E-state index in [2.05, 4.69) is 4.98 Å². The summed E-state index contributed by atoms with van der Waals surface area (Å²) in [5, 5.41) is 12.1. The van der Waals surface area contributed by atoms with Crippen LogP contribution in [0.4, 0.5) is 0 Å². The second kappa shape index (κ2) is 7.23. The second-order valence-electron chi connectivity index (χ2n) is 9.15. The number of hydrogen-bond donors (Lipinski definition) is 1. The number of para-hydroxylation sites is 1. The summed E-state index contributed by atoms with van der Waals surface area (Å²) in [6.45, 7) is 0.696. The van der Waals surface area contributed by atoms with Crippen molar-refractivity contribution in [3.05, 3.63) is 89.6 Å². The highest BCUT2D eigenvalue weighted by Crippen LogP contribution is 2.36.